The molecule has 1 aliphatic heterocycles. The second-order valence-electron chi connectivity index (χ2n) is 4.99. The van der Waals surface area contributed by atoms with Gasteiger partial charge in [-0.15, -0.1) is 11.3 Å². The smallest absolute Gasteiger partial charge is 0.266 e. The largest absolute Gasteiger partial charge is 0.324 e. The first-order chi connectivity index (χ1) is 11.9. The number of benzene rings is 1. The number of carbonyl (C=O) groups excluding carboxylic acids is 2. The lowest BCUT2D eigenvalue weighted by molar-refractivity contribution is -0.126. The van der Waals surface area contributed by atoms with Crippen LogP contribution in [0.5, 0.6) is 0 Å². The second kappa shape index (κ2) is 7.88. The minimum atomic E-state index is -0.382. The van der Waals surface area contributed by atoms with Crippen LogP contribution in [0.4, 0.5) is 5.69 Å². The topological polar surface area (TPSA) is 49.4 Å². The first-order valence-corrected chi connectivity index (χ1v) is 9.83. The van der Waals surface area contributed by atoms with Crippen LogP contribution in [0.3, 0.4) is 0 Å². The molecule has 0 spiro atoms. The zero-order valence-corrected chi connectivity index (χ0v) is 16.5. The van der Waals surface area contributed by atoms with E-state index in [1.807, 2.05) is 17.5 Å². The van der Waals surface area contributed by atoms with Gasteiger partial charge in [0.2, 0.25) is 5.91 Å². The van der Waals surface area contributed by atoms with Crippen LogP contribution in [-0.4, -0.2) is 27.6 Å². The lowest BCUT2D eigenvalue weighted by atomic mass is 10.3. The third-order valence-corrected chi connectivity index (χ3v) is 5.77. The third kappa shape index (κ3) is 4.62. The van der Waals surface area contributed by atoms with Crippen molar-refractivity contribution < 1.29 is 9.59 Å². The van der Waals surface area contributed by atoms with Gasteiger partial charge in [0.1, 0.15) is 10.9 Å². The molecule has 0 bridgehead atoms. The monoisotopic (exact) mass is 428 g/mol. The van der Waals surface area contributed by atoms with E-state index < -0.39 is 0 Å². The molecule has 0 saturated carbocycles. The van der Waals surface area contributed by atoms with Crippen molar-refractivity contribution >= 4 is 86.4 Å². The highest BCUT2D eigenvalue weighted by molar-refractivity contribution is 8.26. The molecule has 1 aromatic carbocycles. The van der Waals surface area contributed by atoms with Crippen LogP contribution < -0.4 is 5.32 Å². The highest BCUT2D eigenvalue weighted by Gasteiger charge is 2.33. The standard InChI is InChI=1S/C16H10Cl2N2O2S3/c17-9-4-10(18)6-11(5-9)19-14(21)8-20-15(22)13(25-16(20)23)7-12-2-1-3-24-12/h1-7H,8H2,(H,19,21)/b13-7+. The highest BCUT2D eigenvalue weighted by atomic mass is 35.5. The molecular weight excluding hydrogens is 419 g/mol. The number of thiocarbonyl (C=S) groups is 1. The Balaban J connectivity index is 1.68. The fourth-order valence-corrected chi connectivity index (χ4v) is 4.61. The Labute approximate surface area is 167 Å². The van der Waals surface area contributed by atoms with Gasteiger partial charge in [-0.2, -0.15) is 0 Å². The third-order valence-electron chi connectivity index (χ3n) is 3.14. The number of thioether (sulfide) groups is 1. The molecule has 0 aliphatic carbocycles. The van der Waals surface area contributed by atoms with E-state index in [1.165, 1.54) is 28.0 Å². The second-order valence-corrected chi connectivity index (χ2v) is 8.52. The van der Waals surface area contributed by atoms with Gasteiger partial charge >= 0.3 is 0 Å². The number of hydrogen-bond donors (Lipinski definition) is 1. The number of nitrogens with zero attached hydrogens (tertiary/aromatic N) is 1. The lowest BCUT2D eigenvalue weighted by Gasteiger charge is -2.14. The van der Waals surface area contributed by atoms with E-state index in [-0.39, 0.29) is 18.4 Å². The molecule has 9 heteroatoms. The van der Waals surface area contributed by atoms with Gasteiger partial charge in [0.05, 0.1) is 4.91 Å². The maximum atomic E-state index is 12.5. The van der Waals surface area contributed by atoms with Crippen molar-refractivity contribution in [3.05, 3.63) is 55.5 Å². The number of nitrogens with one attached hydrogen (secondary N) is 1. The molecule has 128 valence electrons. The van der Waals surface area contributed by atoms with Crippen LogP contribution in [0.2, 0.25) is 10.0 Å². The highest BCUT2D eigenvalue weighted by Crippen LogP contribution is 2.33. The first-order valence-electron chi connectivity index (χ1n) is 6.97. The summed E-state index contributed by atoms with van der Waals surface area (Å²) < 4.78 is 0.354. The molecule has 2 amide bonds. The molecular formula is C16H10Cl2N2O2S3. The van der Waals surface area contributed by atoms with E-state index in [0.717, 1.165) is 4.88 Å². The minimum absolute atomic E-state index is 0.170. The Morgan fingerprint density at radius 1 is 1.28 bits per heavy atom. The summed E-state index contributed by atoms with van der Waals surface area (Å²) in [4.78, 5) is 27.4. The summed E-state index contributed by atoms with van der Waals surface area (Å²) in [6.45, 7) is -0.170. The maximum Gasteiger partial charge on any atom is 0.266 e. The van der Waals surface area contributed by atoms with Crippen LogP contribution in [0.1, 0.15) is 4.88 Å². The van der Waals surface area contributed by atoms with E-state index in [4.69, 9.17) is 35.4 Å². The van der Waals surface area contributed by atoms with Gasteiger partial charge in [0.25, 0.3) is 5.91 Å². The average Bonchev–Trinajstić information content (AvgIpc) is 3.11. The molecule has 0 atom stereocenters. The molecule has 0 radical (unpaired) electrons. The van der Waals surface area contributed by atoms with Crippen LogP contribution >= 0.6 is 58.5 Å². The van der Waals surface area contributed by atoms with Crippen molar-refractivity contribution in [1.82, 2.24) is 4.90 Å². The molecule has 2 heterocycles. The molecule has 2 aromatic rings. The van der Waals surface area contributed by atoms with Crippen molar-refractivity contribution in [2.45, 2.75) is 0 Å². The lowest BCUT2D eigenvalue weighted by Crippen LogP contribution is -2.36. The number of amides is 2. The fraction of sp³-hybridized carbons (Fsp3) is 0.0625. The number of hydrogen-bond acceptors (Lipinski definition) is 5. The Morgan fingerprint density at radius 2 is 2.00 bits per heavy atom. The zero-order valence-electron chi connectivity index (χ0n) is 12.5. The quantitative estimate of drug-likeness (QED) is 0.555. The van der Waals surface area contributed by atoms with Crippen LogP contribution in [0.25, 0.3) is 6.08 Å². The van der Waals surface area contributed by atoms with E-state index in [1.54, 1.807) is 24.3 Å². The van der Waals surface area contributed by atoms with Crippen LogP contribution in [0.15, 0.2) is 40.6 Å². The summed E-state index contributed by atoms with van der Waals surface area (Å²) in [5.41, 5.74) is 0.460. The van der Waals surface area contributed by atoms with Crippen molar-refractivity contribution in [2.24, 2.45) is 0 Å². The van der Waals surface area contributed by atoms with E-state index in [9.17, 15) is 9.59 Å². The van der Waals surface area contributed by atoms with Gasteiger partial charge in [0, 0.05) is 20.6 Å². The molecule has 1 aliphatic rings. The summed E-state index contributed by atoms with van der Waals surface area (Å²) in [5, 5.41) is 5.41. The molecule has 1 aromatic heterocycles. The number of thiophene rings is 1. The summed E-state index contributed by atoms with van der Waals surface area (Å²) in [5.74, 6) is -0.658. The fourth-order valence-electron chi connectivity index (χ4n) is 2.11. The Bertz CT molecular complexity index is 861. The molecule has 1 fully saturated rings. The van der Waals surface area contributed by atoms with E-state index in [2.05, 4.69) is 5.32 Å². The van der Waals surface area contributed by atoms with Crippen molar-refractivity contribution in [2.75, 3.05) is 11.9 Å². The van der Waals surface area contributed by atoms with Gasteiger partial charge in [-0.05, 0) is 35.7 Å². The van der Waals surface area contributed by atoms with Crippen molar-refractivity contribution in [3.63, 3.8) is 0 Å². The van der Waals surface area contributed by atoms with Gasteiger partial charge in [0.15, 0.2) is 0 Å². The van der Waals surface area contributed by atoms with Crippen molar-refractivity contribution in [3.8, 4) is 0 Å². The molecule has 4 nitrogen and oxygen atoms in total. The Kier molecular flexibility index (Phi) is 5.81. The maximum absolute atomic E-state index is 12.5. The summed E-state index contributed by atoms with van der Waals surface area (Å²) in [6.07, 6.45) is 1.78. The Morgan fingerprint density at radius 3 is 2.64 bits per heavy atom. The van der Waals surface area contributed by atoms with Crippen LogP contribution in [-0.2, 0) is 9.59 Å². The summed E-state index contributed by atoms with van der Waals surface area (Å²) >= 11 is 19.7. The normalized spacial score (nSPS) is 15.9. The van der Waals surface area contributed by atoms with Gasteiger partial charge in [-0.3, -0.25) is 14.5 Å². The minimum Gasteiger partial charge on any atom is -0.324 e. The van der Waals surface area contributed by atoms with Gasteiger partial charge in [-0.1, -0.05) is 53.2 Å². The Hall–Kier alpha value is -1.38. The van der Waals surface area contributed by atoms with Gasteiger partial charge in [-0.25, -0.2) is 0 Å². The first kappa shape index (κ1) is 18.4. The molecule has 1 saturated heterocycles. The van der Waals surface area contributed by atoms with Crippen LogP contribution in [0, 0.1) is 0 Å². The summed E-state index contributed by atoms with van der Waals surface area (Å²) in [7, 11) is 0. The molecule has 1 N–H and O–H groups in total. The number of anilines is 1. The number of rotatable bonds is 4. The SMILES string of the molecule is O=C(CN1C(=O)/C(=C\c2cccs2)SC1=S)Nc1cc(Cl)cc(Cl)c1. The van der Waals surface area contributed by atoms with E-state index >= 15 is 0 Å². The van der Waals surface area contributed by atoms with E-state index in [0.29, 0.717) is 25.0 Å². The number of halogens is 2. The summed E-state index contributed by atoms with van der Waals surface area (Å²) in [6, 6.07) is 8.53. The number of carbonyl (C=O) groups is 2. The zero-order chi connectivity index (χ0) is 18.0. The van der Waals surface area contributed by atoms with Gasteiger partial charge < -0.3 is 5.32 Å². The average molecular weight is 429 g/mol. The predicted octanol–water partition coefficient (Wildman–Crippen LogP) is 4.89. The van der Waals surface area contributed by atoms with Crippen molar-refractivity contribution in [1.29, 1.82) is 0 Å². The molecule has 25 heavy (non-hydrogen) atoms. The predicted molar refractivity (Wildman–Crippen MR) is 109 cm³/mol. The molecule has 3 rings (SSSR count). The molecule has 0 unspecified atom stereocenters.